The Balaban J connectivity index is 2.13. The maximum absolute atomic E-state index is 12.5. The molecular formula is C20H29NO8. The molecular weight excluding hydrogens is 382 g/mol. The summed E-state index contributed by atoms with van der Waals surface area (Å²) in [5.74, 6) is -0.307. The summed E-state index contributed by atoms with van der Waals surface area (Å²) >= 11 is 0. The Morgan fingerprint density at radius 2 is 2.07 bits per heavy atom. The molecule has 9 nitrogen and oxygen atoms in total. The molecule has 0 saturated carbocycles. The molecule has 29 heavy (non-hydrogen) atoms. The molecule has 0 amide bonds. The molecule has 9 heteroatoms. The van der Waals surface area contributed by atoms with Gasteiger partial charge in [-0.2, -0.15) is 0 Å². The first-order valence-corrected chi connectivity index (χ1v) is 9.76. The van der Waals surface area contributed by atoms with Crippen LogP contribution in [-0.4, -0.2) is 40.4 Å². The third-order valence-corrected chi connectivity index (χ3v) is 5.42. The van der Waals surface area contributed by atoms with Gasteiger partial charge >= 0.3 is 5.97 Å². The third-order valence-electron chi connectivity index (χ3n) is 5.42. The van der Waals surface area contributed by atoms with Crippen molar-refractivity contribution in [3.63, 3.8) is 0 Å². The van der Waals surface area contributed by atoms with Gasteiger partial charge in [-0.1, -0.05) is 20.3 Å². The van der Waals surface area contributed by atoms with Crippen LogP contribution in [0.3, 0.4) is 0 Å². The predicted molar refractivity (Wildman–Crippen MR) is 103 cm³/mol. The van der Waals surface area contributed by atoms with Crippen molar-refractivity contribution >= 4 is 11.7 Å². The Kier molecular flexibility index (Phi) is 8.09. The molecule has 2 rings (SSSR count). The summed E-state index contributed by atoms with van der Waals surface area (Å²) in [6, 6.07) is 2.64. The highest BCUT2D eigenvalue weighted by atomic mass is 16.7. The van der Waals surface area contributed by atoms with Crippen LogP contribution < -0.4 is 0 Å². The summed E-state index contributed by atoms with van der Waals surface area (Å²) in [6.07, 6.45) is 0.549. The van der Waals surface area contributed by atoms with Gasteiger partial charge in [0.1, 0.15) is 12.7 Å². The van der Waals surface area contributed by atoms with E-state index in [0.717, 1.165) is 6.42 Å². The molecule has 1 aromatic rings. The van der Waals surface area contributed by atoms with Gasteiger partial charge in [-0.15, -0.1) is 0 Å². The number of ether oxygens (including phenoxy) is 3. The number of nitrogens with zero attached hydrogens (tertiary/aromatic N) is 1. The zero-order valence-corrected chi connectivity index (χ0v) is 17.1. The van der Waals surface area contributed by atoms with Crippen molar-refractivity contribution < 1.29 is 34.1 Å². The Morgan fingerprint density at radius 1 is 1.34 bits per heavy atom. The Labute approximate surface area is 169 Å². The summed E-state index contributed by atoms with van der Waals surface area (Å²) in [7, 11) is 0. The molecule has 0 radical (unpaired) electrons. The van der Waals surface area contributed by atoms with Gasteiger partial charge in [-0.25, -0.2) is 0 Å². The summed E-state index contributed by atoms with van der Waals surface area (Å²) in [6.45, 7) is 4.96. The van der Waals surface area contributed by atoms with Crippen LogP contribution in [0.2, 0.25) is 0 Å². The highest BCUT2D eigenvalue weighted by Crippen LogP contribution is 2.38. The van der Waals surface area contributed by atoms with Crippen molar-refractivity contribution in [3.8, 4) is 0 Å². The third kappa shape index (κ3) is 5.11. The van der Waals surface area contributed by atoms with Crippen LogP contribution in [0.15, 0.2) is 12.1 Å². The largest absolute Gasteiger partial charge is 0.462 e. The zero-order valence-electron chi connectivity index (χ0n) is 17.1. The van der Waals surface area contributed by atoms with Gasteiger partial charge in [0.25, 0.3) is 5.69 Å². The number of carbonyl (C=O) groups is 1. The monoisotopic (exact) mass is 411 g/mol. The highest BCUT2D eigenvalue weighted by molar-refractivity contribution is 5.76. The van der Waals surface area contributed by atoms with Crippen LogP contribution >= 0.6 is 0 Å². The van der Waals surface area contributed by atoms with E-state index in [1.807, 2.05) is 20.8 Å². The number of hydrogen-bond acceptors (Lipinski definition) is 8. The molecule has 1 aromatic carbocycles. The average Bonchev–Trinajstić information content (AvgIpc) is 3.19. The minimum Gasteiger partial charge on any atom is -0.462 e. The number of esters is 1. The van der Waals surface area contributed by atoms with Gasteiger partial charge in [0.2, 0.25) is 0 Å². The lowest BCUT2D eigenvalue weighted by Gasteiger charge is -2.26. The van der Waals surface area contributed by atoms with Gasteiger partial charge in [0, 0.05) is 6.07 Å². The first-order valence-electron chi connectivity index (χ1n) is 9.76. The topological polar surface area (TPSA) is 128 Å². The average molecular weight is 411 g/mol. The van der Waals surface area contributed by atoms with Gasteiger partial charge in [0.15, 0.2) is 6.29 Å². The molecule has 1 aliphatic heterocycles. The summed E-state index contributed by atoms with van der Waals surface area (Å²) in [4.78, 5) is 23.3. The first kappa shape index (κ1) is 23.2. The van der Waals surface area contributed by atoms with E-state index in [1.165, 1.54) is 12.1 Å². The van der Waals surface area contributed by atoms with Crippen LogP contribution in [0.25, 0.3) is 0 Å². The number of benzene rings is 1. The predicted octanol–water partition coefficient (Wildman–Crippen LogP) is 2.75. The molecule has 1 fully saturated rings. The quantitative estimate of drug-likeness (QED) is 0.342. The van der Waals surface area contributed by atoms with Crippen molar-refractivity contribution in [3.05, 3.63) is 38.9 Å². The molecule has 3 atom stereocenters. The van der Waals surface area contributed by atoms with Crippen LogP contribution in [0, 0.1) is 15.5 Å². The molecule has 3 unspecified atom stereocenters. The summed E-state index contributed by atoms with van der Waals surface area (Å²) in [5, 5.41) is 30.6. The maximum Gasteiger partial charge on any atom is 0.311 e. The lowest BCUT2D eigenvalue weighted by Crippen LogP contribution is -2.32. The number of aliphatic hydroxyl groups excluding tert-OH is 2. The summed E-state index contributed by atoms with van der Waals surface area (Å²) in [5.41, 5.74) is -0.205. The molecule has 0 aromatic heterocycles. The highest BCUT2D eigenvalue weighted by Gasteiger charge is 2.37. The molecule has 1 aliphatic rings. The van der Waals surface area contributed by atoms with Crippen LogP contribution in [0.4, 0.5) is 5.69 Å². The van der Waals surface area contributed by atoms with Crippen molar-refractivity contribution in [2.24, 2.45) is 5.41 Å². The van der Waals surface area contributed by atoms with E-state index < -0.39 is 29.3 Å². The molecule has 1 saturated heterocycles. The molecule has 0 bridgehead atoms. The van der Waals surface area contributed by atoms with Gasteiger partial charge < -0.3 is 24.4 Å². The molecule has 2 N–H and O–H groups in total. The van der Waals surface area contributed by atoms with E-state index in [9.17, 15) is 25.1 Å². The van der Waals surface area contributed by atoms with E-state index in [0.29, 0.717) is 18.4 Å². The van der Waals surface area contributed by atoms with E-state index in [2.05, 4.69) is 0 Å². The van der Waals surface area contributed by atoms with Crippen LogP contribution in [0.5, 0.6) is 0 Å². The van der Waals surface area contributed by atoms with E-state index >= 15 is 0 Å². The normalized spacial score (nSPS) is 21.0. The fourth-order valence-electron chi connectivity index (χ4n) is 3.46. The SMILES string of the molecule is CCCC(C)(CC)C(=O)OCC1COC(c2c([N+](=O)[O-])ccc(CO)c2CO)O1. The minimum atomic E-state index is -1.10. The Morgan fingerprint density at radius 3 is 2.62 bits per heavy atom. The van der Waals surface area contributed by atoms with E-state index in [1.54, 1.807) is 0 Å². The van der Waals surface area contributed by atoms with Crippen molar-refractivity contribution in [1.82, 2.24) is 0 Å². The van der Waals surface area contributed by atoms with Crippen LogP contribution in [0.1, 0.15) is 63.0 Å². The van der Waals surface area contributed by atoms with E-state index in [-0.39, 0.29) is 42.6 Å². The standard InChI is InChI=1S/C20H29NO8/c1-4-8-20(3,5-2)19(24)28-12-14-11-27-18(29-14)17-15(10-23)13(9-22)6-7-16(17)21(25)26/h6-7,14,18,22-23H,4-5,8-12H2,1-3H3. The van der Waals surface area contributed by atoms with Crippen molar-refractivity contribution in [1.29, 1.82) is 0 Å². The fourth-order valence-corrected chi connectivity index (χ4v) is 3.46. The first-order chi connectivity index (χ1) is 13.8. The number of carbonyl (C=O) groups excluding carboxylic acids is 1. The number of rotatable bonds is 10. The number of nitro benzene ring substituents is 1. The van der Waals surface area contributed by atoms with E-state index in [4.69, 9.17) is 14.2 Å². The Bertz CT molecular complexity index is 737. The maximum atomic E-state index is 12.5. The second-order valence-electron chi connectivity index (χ2n) is 7.40. The summed E-state index contributed by atoms with van der Waals surface area (Å²) < 4.78 is 16.7. The number of aliphatic hydroxyl groups is 2. The molecule has 162 valence electrons. The van der Waals surface area contributed by atoms with Crippen molar-refractivity contribution in [2.45, 2.75) is 65.6 Å². The number of nitro groups is 1. The zero-order chi connectivity index (χ0) is 21.6. The number of hydrogen-bond donors (Lipinski definition) is 2. The lowest BCUT2D eigenvalue weighted by atomic mass is 9.83. The van der Waals surface area contributed by atoms with Gasteiger partial charge in [-0.05, 0) is 37.0 Å². The van der Waals surface area contributed by atoms with Gasteiger partial charge in [-0.3, -0.25) is 14.9 Å². The lowest BCUT2D eigenvalue weighted by molar-refractivity contribution is -0.386. The smallest absolute Gasteiger partial charge is 0.311 e. The molecule has 1 heterocycles. The second kappa shape index (κ2) is 10.1. The molecule has 0 aliphatic carbocycles. The van der Waals surface area contributed by atoms with Crippen molar-refractivity contribution in [2.75, 3.05) is 13.2 Å². The minimum absolute atomic E-state index is 0.0312. The second-order valence-corrected chi connectivity index (χ2v) is 7.40. The fraction of sp³-hybridized carbons (Fsp3) is 0.650. The van der Waals surface area contributed by atoms with Gasteiger partial charge in [0.05, 0.1) is 35.7 Å². The molecule has 0 spiro atoms. The van der Waals surface area contributed by atoms with Crippen LogP contribution in [-0.2, 0) is 32.2 Å². The Hall–Kier alpha value is -2.07.